The first-order chi connectivity index (χ1) is 9.04. The van der Waals surface area contributed by atoms with Crippen molar-refractivity contribution in [1.82, 2.24) is 5.32 Å². The molecule has 98 valence electrons. The van der Waals surface area contributed by atoms with Gasteiger partial charge in [0, 0.05) is 18.9 Å². The second-order valence-corrected chi connectivity index (χ2v) is 5.80. The third-order valence-corrected chi connectivity index (χ3v) is 4.68. The number of carbonyl (C=O) groups is 1. The first-order valence-electron chi connectivity index (χ1n) is 6.80. The highest BCUT2D eigenvalue weighted by molar-refractivity contribution is 5.93. The van der Waals surface area contributed by atoms with Gasteiger partial charge in [-0.25, -0.2) is 0 Å². The Morgan fingerprint density at radius 2 is 1.95 bits per heavy atom. The average molecular weight is 253 g/mol. The van der Waals surface area contributed by atoms with Gasteiger partial charge in [0.05, 0.1) is 0 Å². The second kappa shape index (κ2) is 4.09. The lowest BCUT2D eigenvalue weighted by molar-refractivity contribution is -0.119. The maximum absolute atomic E-state index is 11.3. The molecule has 0 bridgehead atoms. The second-order valence-electron chi connectivity index (χ2n) is 5.80. The molecule has 1 amide bonds. The summed E-state index contributed by atoms with van der Waals surface area (Å²) in [5.74, 6) is 0.456. The Bertz CT molecular complexity index is 656. The standard InChI is InChI=1S/C17H19NO/c1-11-14-8-4-6-13-7-5-9-15(16(13)14)17(11,3)10-18-12(2)19/h4-9,11H,10H2,1-3H3,(H,18,19)/t11-,17+/m0/s1. The zero-order valence-corrected chi connectivity index (χ0v) is 11.7. The minimum Gasteiger partial charge on any atom is -0.355 e. The van der Waals surface area contributed by atoms with Gasteiger partial charge in [0.1, 0.15) is 0 Å². The number of rotatable bonds is 2. The van der Waals surface area contributed by atoms with Crippen LogP contribution in [0, 0.1) is 0 Å². The third-order valence-electron chi connectivity index (χ3n) is 4.68. The highest BCUT2D eigenvalue weighted by Gasteiger charge is 2.41. The summed E-state index contributed by atoms with van der Waals surface area (Å²) in [6, 6.07) is 13.0. The summed E-state index contributed by atoms with van der Waals surface area (Å²) in [5.41, 5.74) is 2.75. The molecule has 0 fully saturated rings. The van der Waals surface area contributed by atoms with Gasteiger partial charge in [-0.2, -0.15) is 0 Å². The predicted octanol–water partition coefficient (Wildman–Crippen LogP) is 3.35. The van der Waals surface area contributed by atoms with Gasteiger partial charge in [-0.1, -0.05) is 50.2 Å². The first-order valence-corrected chi connectivity index (χ1v) is 6.80. The Hall–Kier alpha value is -1.83. The molecule has 0 unspecified atom stereocenters. The summed E-state index contributed by atoms with van der Waals surface area (Å²) >= 11 is 0. The molecule has 2 heteroatoms. The normalized spacial score (nSPS) is 24.7. The third kappa shape index (κ3) is 1.66. The number of hydrogen-bond donors (Lipinski definition) is 1. The summed E-state index contributed by atoms with van der Waals surface area (Å²) in [5, 5.41) is 5.68. The van der Waals surface area contributed by atoms with Crippen LogP contribution in [0.4, 0.5) is 0 Å². The van der Waals surface area contributed by atoms with Crippen LogP contribution in [-0.2, 0) is 10.2 Å². The fourth-order valence-electron chi connectivity index (χ4n) is 3.34. The molecule has 0 spiro atoms. The van der Waals surface area contributed by atoms with Crippen LogP contribution < -0.4 is 5.32 Å². The first kappa shape index (κ1) is 12.2. The maximum Gasteiger partial charge on any atom is 0.216 e. The summed E-state index contributed by atoms with van der Waals surface area (Å²) in [6.45, 7) is 6.78. The van der Waals surface area contributed by atoms with Crippen molar-refractivity contribution in [3.8, 4) is 0 Å². The molecule has 0 aromatic heterocycles. The number of hydrogen-bond acceptors (Lipinski definition) is 1. The van der Waals surface area contributed by atoms with Crippen molar-refractivity contribution in [2.24, 2.45) is 0 Å². The molecular formula is C17H19NO. The van der Waals surface area contributed by atoms with E-state index in [1.165, 1.54) is 21.9 Å². The Morgan fingerprint density at radius 3 is 2.63 bits per heavy atom. The van der Waals surface area contributed by atoms with E-state index in [-0.39, 0.29) is 11.3 Å². The van der Waals surface area contributed by atoms with E-state index in [2.05, 4.69) is 55.6 Å². The quantitative estimate of drug-likeness (QED) is 0.873. The molecule has 2 atom stereocenters. The van der Waals surface area contributed by atoms with Crippen molar-refractivity contribution >= 4 is 16.7 Å². The van der Waals surface area contributed by atoms with Gasteiger partial charge >= 0.3 is 0 Å². The minimum atomic E-state index is -0.0190. The van der Waals surface area contributed by atoms with Gasteiger partial charge in [0.25, 0.3) is 0 Å². The number of carbonyl (C=O) groups excluding carboxylic acids is 1. The summed E-state index contributed by atoms with van der Waals surface area (Å²) < 4.78 is 0. The molecule has 2 aromatic carbocycles. The highest BCUT2D eigenvalue weighted by Crippen LogP contribution is 2.50. The molecule has 0 radical (unpaired) electrons. The Labute approximate surface area is 113 Å². The molecule has 3 rings (SSSR count). The van der Waals surface area contributed by atoms with E-state index in [4.69, 9.17) is 0 Å². The lowest BCUT2D eigenvalue weighted by atomic mass is 9.76. The van der Waals surface area contributed by atoms with Crippen molar-refractivity contribution in [2.75, 3.05) is 6.54 Å². The van der Waals surface area contributed by atoms with Crippen molar-refractivity contribution in [3.63, 3.8) is 0 Å². The van der Waals surface area contributed by atoms with Gasteiger partial charge in [-0.3, -0.25) is 4.79 Å². The average Bonchev–Trinajstić information content (AvgIpc) is 2.62. The Kier molecular flexibility index (Phi) is 2.63. The van der Waals surface area contributed by atoms with E-state index in [0.29, 0.717) is 12.5 Å². The minimum absolute atomic E-state index is 0.0190. The van der Waals surface area contributed by atoms with E-state index in [1.807, 2.05) is 0 Å². The van der Waals surface area contributed by atoms with Crippen LogP contribution in [0.3, 0.4) is 0 Å². The van der Waals surface area contributed by atoms with E-state index in [0.717, 1.165) is 0 Å². The van der Waals surface area contributed by atoms with Crippen LogP contribution in [0.1, 0.15) is 37.8 Å². The van der Waals surface area contributed by atoms with E-state index in [1.54, 1.807) is 6.92 Å². The van der Waals surface area contributed by atoms with Crippen LogP contribution in [0.2, 0.25) is 0 Å². The molecule has 2 aromatic rings. The Morgan fingerprint density at radius 1 is 1.26 bits per heavy atom. The Balaban J connectivity index is 2.17. The van der Waals surface area contributed by atoms with Crippen LogP contribution in [0.25, 0.3) is 10.8 Å². The highest BCUT2D eigenvalue weighted by atomic mass is 16.1. The van der Waals surface area contributed by atoms with Gasteiger partial charge < -0.3 is 5.32 Å². The van der Waals surface area contributed by atoms with Crippen molar-refractivity contribution in [1.29, 1.82) is 0 Å². The zero-order chi connectivity index (χ0) is 13.6. The van der Waals surface area contributed by atoms with Gasteiger partial charge in [0.2, 0.25) is 5.91 Å². The van der Waals surface area contributed by atoms with Crippen LogP contribution in [0.5, 0.6) is 0 Å². The molecular weight excluding hydrogens is 234 g/mol. The lowest BCUT2D eigenvalue weighted by Gasteiger charge is -2.31. The smallest absolute Gasteiger partial charge is 0.216 e. The fraction of sp³-hybridized carbons (Fsp3) is 0.353. The summed E-state index contributed by atoms with van der Waals surface area (Å²) in [4.78, 5) is 11.3. The number of benzene rings is 2. The van der Waals surface area contributed by atoms with Crippen LogP contribution in [0.15, 0.2) is 36.4 Å². The predicted molar refractivity (Wildman–Crippen MR) is 78.4 cm³/mol. The number of nitrogens with one attached hydrogen (secondary N) is 1. The monoisotopic (exact) mass is 253 g/mol. The largest absolute Gasteiger partial charge is 0.355 e. The lowest BCUT2D eigenvalue weighted by Crippen LogP contribution is -2.39. The van der Waals surface area contributed by atoms with Gasteiger partial charge in [0.15, 0.2) is 0 Å². The summed E-state index contributed by atoms with van der Waals surface area (Å²) in [7, 11) is 0. The molecule has 2 nitrogen and oxygen atoms in total. The van der Waals surface area contributed by atoms with Crippen molar-refractivity contribution in [2.45, 2.75) is 32.1 Å². The molecule has 19 heavy (non-hydrogen) atoms. The van der Waals surface area contributed by atoms with Crippen molar-refractivity contribution in [3.05, 3.63) is 47.5 Å². The molecule has 1 aliphatic carbocycles. The fourth-order valence-corrected chi connectivity index (χ4v) is 3.34. The molecule has 1 N–H and O–H groups in total. The molecule has 0 heterocycles. The zero-order valence-electron chi connectivity index (χ0n) is 11.7. The number of amides is 1. The summed E-state index contributed by atoms with van der Waals surface area (Å²) in [6.07, 6.45) is 0. The molecule has 0 aliphatic heterocycles. The maximum atomic E-state index is 11.3. The van der Waals surface area contributed by atoms with E-state index >= 15 is 0 Å². The van der Waals surface area contributed by atoms with E-state index < -0.39 is 0 Å². The molecule has 0 saturated heterocycles. The SMILES string of the molecule is CC(=O)NC[C@@]1(C)c2cccc3cccc(c23)[C@@H]1C. The molecule has 1 aliphatic rings. The topological polar surface area (TPSA) is 29.1 Å². The van der Waals surface area contributed by atoms with Gasteiger partial charge in [-0.15, -0.1) is 0 Å². The van der Waals surface area contributed by atoms with Crippen LogP contribution >= 0.6 is 0 Å². The molecule has 0 saturated carbocycles. The van der Waals surface area contributed by atoms with Crippen LogP contribution in [-0.4, -0.2) is 12.5 Å². The van der Waals surface area contributed by atoms with Crippen molar-refractivity contribution < 1.29 is 4.79 Å². The van der Waals surface area contributed by atoms with Gasteiger partial charge in [-0.05, 0) is 27.8 Å². The van der Waals surface area contributed by atoms with E-state index in [9.17, 15) is 4.79 Å².